The maximum Gasteiger partial charge on any atom is 0.240 e. The number of fused-ring (bicyclic) bond motifs is 1. The van der Waals surface area contributed by atoms with E-state index in [9.17, 15) is 18.0 Å². The molecule has 0 bridgehead atoms. The van der Waals surface area contributed by atoms with Crippen molar-refractivity contribution in [1.29, 1.82) is 0 Å². The minimum atomic E-state index is -3.79. The van der Waals surface area contributed by atoms with Gasteiger partial charge in [0.1, 0.15) is 0 Å². The Hall–Kier alpha value is -3.11. The summed E-state index contributed by atoms with van der Waals surface area (Å²) in [6.45, 7) is 1.95. The second kappa shape index (κ2) is 10.2. The van der Waals surface area contributed by atoms with Crippen molar-refractivity contribution in [3.8, 4) is 11.5 Å². The quantitative estimate of drug-likeness (QED) is 0.606. The van der Waals surface area contributed by atoms with E-state index in [1.165, 1.54) is 12.1 Å². The van der Waals surface area contributed by atoms with Crippen molar-refractivity contribution in [2.45, 2.75) is 37.1 Å². The van der Waals surface area contributed by atoms with Crippen LogP contribution in [0.5, 0.6) is 11.5 Å². The Labute approximate surface area is 193 Å². The summed E-state index contributed by atoms with van der Waals surface area (Å²) in [6, 6.07) is 11.9. The minimum absolute atomic E-state index is 0.00587. The predicted molar refractivity (Wildman–Crippen MR) is 122 cm³/mol. The van der Waals surface area contributed by atoms with E-state index in [1.54, 1.807) is 11.0 Å². The van der Waals surface area contributed by atoms with Gasteiger partial charge in [-0.25, -0.2) is 13.1 Å². The van der Waals surface area contributed by atoms with Crippen molar-refractivity contribution in [3.63, 3.8) is 0 Å². The number of nitrogens with zero attached hydrogens (tertiary/aromatic N) is 1. The van der Waals surface area contributed by atoms with Crippen LogP contribution in [0.25, 0.3) is 0 Å². The van der Waals surface area contributed by atoms with Crippen molar-refractivity contribution in [2.24, 2.45) is 0 Å². The van der Waals surface area contributed by atoms with Crippen LogP contribution in [0, 0.1) is 0 Å². The van der Waals surface area contributed by atoms with E-state index in [0.717, 1.165) is 24.1 Å². The van der Waals surface area contributed by atoms with Crippen LogP contribution in [-0.4, -0.2) is 46.5 Å². The highest BCUT2D eigenvalue weighted by molar-refractivity contribution is 7.89. The zero-order valence-corrected chi connectivity index (χ0v) is 19.0. The number of rotatable bonds is 8. The molecule has 10 heteroatoms. The van der Waals surface area contributed by atoms with E-state index in [1.807, 2.05) is 24.3 Å². The van der Waals surface area contributed by atoms with Gasteiger partial charge in [-0.15, -0.1) is 0 Å². The Balaban J connectivity index is 1.26. The summed E-state index contributed by atoms with van der Waals surface area (Å²) in [6.07, 6.45) is 2.13. The Kier molecular flexibility index (Phi) is 7.14. The zero-order valence-electron chi connectivity index (χ0n) is 18.2. The first kappa shape index (κ1) is 23.1. The number of ether oxygens (including phenoxy) is 2. The number of sulfonamides is 1. The molecule has 2 aromatic rings. The molecular formula is C23H27N3O6S. The number of hydrogen-bond donors (Lipinski definition) is 2. The third-order valence-corrected chi connectivity index (χ3v) is 6.92. The van der Waals surface area contributed by atoms with Gasteiger partial charge in [0.2, 0.25) is 21.8 Å². The molecule has 4 rings (SSSR count). The van der Waals surface area contributed by atoms with Gasteiger partial charge in [-0.3, -0.25) is 9.59 Å². The van der Waals surface area contributed by atoms with Gasteiger partial charge in [0.25, 0.3) is 0 Å². The maximum absolute atomic E-state index is 12.6. The number of carbonyl (C=O) groups is 2. The molecule has 9 nitrogen and oxygen atoms in total. The standard InChI is InChI=1S/C23H27N3O6S/c27-22(24-16-17-4-1-5-18(14-17)26-11-2-6-23(26)28)9-10-25-33(29,30)19-7-8-20-21(15-19)32-13-3-12-31-20/h1,4-5,7-8,14-15,25H,2-3,6,9-13,16H2,(H,24,27). The number of benzene rings is 2. The molecule has 0 atom stereocenters. The first-order valence-corrected chi connectivity index (χ1v) is 12.5. The van der Waals surface area contributed by atoms with Crippen molar-refractivity contribution in [2.75, 3.05) is 31.2 Å². The van der Waals surface area contributed by atoms with E-state index in [0.29, 0.717) is 44.2 Å². The molecule has 2 heterocycles. The average molecular weight is 474 g/mol. The third-order valence-electron chi connectivity index (χ3n) is 5.46. The van der Waals surface area contributed by atoms with Gasteiger partial charge in [0.15, 0.2) is 11.5 Å². The fourth-order valence-corrected chi connectivity index (χ4v) is 4.78. The second-order valence-electron chi connectivity index (χ2n) is 7.90. The summed E-state index contributed by atoms with van der Waals surface area (Å²) in [7, 11) is -3.79. The van der Waals surface area contributed by atoms with Gasteiger partial charge in [-0.05, 0) is 36.2 Å². The molecule has 1 saturated heterocycles. The normalized spacial score (nSPS) is 15.9. The summed E-state index contributed by atoms with van der Waals surface area (Å²) >= 11 is 0. The maximum atomic E-state index is 12.6. The Morgan fingerprint density at radius 1 is 1.03 bits per heavy atom. The molecule has 33 heavy (non-hydrogen) atoms. The Bertz CT molecular complexity index is 1130. The van der Waals surface area contributed by atoms with Crippen molar-refractivity contribution in [3.05, 3.63) is 48.0 Å². The van der Waals surface area contributed by atoms with Gasteiger partial charge in [0.05, 0.1) is 18.1 Å². The lowest BCUT2D eigenvalue weighted by Crippen LogP contribution is -2.30. The van der Waals surface area contributed by atoms with Crippen LogP contribution in [0.1, 0.15) is 31.2 Å². The Morgan fingerprint density at radius 2 is 1.85 bits per heavy atom. The Morgan fingerprint density at radius 3 is 2.64 bits per heavy atom. The molecule has 2 aliphatic rings. The molecule has 1 fully saturated rings. The number of amides is 2. The number of hydrogen-bond acceptors (Lipinski definition) is 6. The molecule has 0 unspecified atom stereocenters. The highest BCUT2D eigenvalue weighted by Crippen LogP contribution is 2.31. The van der Waals surface area contributed by atoms with Crippen LogP contribution in [0.3, 0.4) is 0 Å². The lowest BCUT2D eigenvalue weighted by atomic mass is 10.2. The van der Waals surface area contributed by atoms with E-state index in [2.05, 4.69) is 10.0 Å². The van der Waals surface area contributed by atoms with E-state index in [-0.39, 0.29) is 29.7 Å². The van der Waals surface area contributed by atoms with E-state index >= 15 is 0 Å². The highest BCUT2D eigenvalue weighted by atomic mass is 32.2. The molecule has 0 saturated carbocycles. The van der Waals surface area contributed by atoms with Gasteiger partial charge < -0.3 is 19.7 Å². The number of anilines is 1. The minimum Gasteiger partial charge on any atom is -0.490 e. The van der Waals surface area contributed by atoms with Gasteiger partial charge in [0, 0.05) is 50.7 Å². The lowest BCUT2D eigenvalue weighted by molar-refractivity contribution is -0.121. The van der Waals surface area contributed by atoms with Crippen molar-refractivity contribution >= 4 is 27.5 Å². The summed E-state index contributed by atoms with van der Waals surface area (Å²) < 4.78 is 38.7. The molecule has 0 aromatic heterocycles. The average Bonchev–Trinajstić information content (AvgIpc) is 3.09. The predicted octanol–water partition coefficient (Wildman–Crippen LogP) is 1.96. The molecule has 0 radical (unpaired) electrons. The van der Waals surface area contributed by atoms with Crippen LogP contribution in [0.2, 0.25) is 0 Å². The van der Waals surface area contributed by atoms with Crippen LogP contribution in [0.15, 0.2) is 47.4 Å². The largest absolute Gasteiger partial charge is 0.490 e. The number of carbonyl (C=O) groups excluding carboxylic acids is 2. The van der Waals surface area contributed by atoms with Gasteiger partial charge >= 0.3 is 0 Å². The summed E-state index contributed by atoms with van der Waals surface area (Å²) in [5.74, 6) is 0.742. The second-order valence-corrected chi connectivity index (χ2v) is 9.67. The number of nitrogens with one attached hydrogen (secondary N) is 2. The SMILES string of the molecule is O=C(CCNS(=O)(=O)c1ccc2c(c1)OCCCO2)NCc1cccc(N2CCCC2=O)c1. The van der Waals surface area contributed by atoms with Crippen molar-refractivity contribution in [1.82, 2.24) is 10.0 Å². The van der Waals surface area contributed by atoms with Crippen molar-refractivity contribution < 1.29 is 27.5 Å². The third kappa shape index (κ3) is 5.82. The fraction of sp³-hybridized carbons (Fsp3) is 0.391. The molecule has 0 spiro atoms. The summed E-state index contributed by atoms with van der Waals surface area (Å²) in [5, 5.41) is 2.79. The van der Waals surface area contributed by atoms with Crippen LogP contribution >= 0.6 is 0 Å². The molecule has 2 N–H and O–H groups in total. The van der Waals surface area contributed by atoms with Crippen LogP contribution in [-0.2, 0) is 26.2 Å². The molecule has 176 valence electrons. The molecule has 2 amide bonds. The lowest BCUT2D eigenvalue weighted by Gasteiger charge is -2.16. The fourth-order valence-electron chi connectivity index (χ4n) is 3.74. The molecule has 2 aliphatic heterocycles. The molecule has 2 aromatic carbocycles. The zero-order chi connectivity index (χ0) is 23.3. The first-order valence-electron chi connectivity index (χ1n) is 11.0. The van der Waals surface area contributed by atoms with E-state index < -0.39 is 10.0 Å². The topological polar surface area (TPSA) is 114 Å². The van der Waals surface area contributed by atoms with Gasteiger partial charge in [-0.2, -0.15) is 0 Å². The monoisotopic (exact) mass is 473 g/mol. The van der Waals surface area contributed by atoms with Gasteiger partial charge in [-0.1, -0.05) is 12.1 Å². The van der Waals surface area contributed by atoms with E-state index in [4.69, 9.17) is 9.47 Å². The molecular weight excluding hydrogens is 446 g/mol. The first-order chi connectivity index (χ1) is 15.9. The highest BCUT2D eigenvalue weighted by Gasteiger charge is 2.22. The van der Waals surface area contributed by atoms with Crippen LogP contribution in [0.4, 0.5) is 5.69 Å². The summed E-state index contributed by atoms with van der Waals surface area (Å²) in [4.78, 5) is 25.9. The smallest absolute Gasteiger partial charge is 0.240 e. The molecule has 0 aliphatic carbocycles. The summed E-state index contributed by atoms with van der Waals surface area (Å²) in [5.41, 5.74) is 1.69. The van der Waals surface area contributed by atoms with Crippen LogP contribution < -0.4 is 24.4 Å².